The Morgan fingerprint density at radius 2 is 1.96 bits per heavy atom. The molecule has 0 aliphatic heterocycles. The maximum Gasteiger partial charge on any atom is 0.302 e. The molecule has 2 fully saturated rings. The molecule has 130 valence electrons. The van der Waals surface area contributed by atoms with Crippen LogP contribution in [0, 0.1) is 16.7 Å². The van der Waals surface area contributed by atoms with Crippen LogP contribution in [0.25, 0.3) is 0 Å². The molecule has 3 nitrogen and oxygen atoms in total. The summed E-state index contributed by atoms with van der Waals surface area (Å²) < 4.78 is 5.57. The average molecular weight is 328 g/mol. The van der Waals surface area contributed by atoms with Crippen LogP contribution in [0.15, 0.2) is 22.8 Å². The minimum Gasteiger partial charge on any atom is -0.462 e. The summed E-state index contributed by atoms with van der Waals surface area (Å²) in [6.45, 7) is 6.32. The van der Waals surface area contributed by atoms with E-state index in [9.17, 15) is 9.59 Å². The number of ether oxygens (including phenoxy) is 1. The van der Waals surface area contributed by atoms with Crippen LogP contribution in [0.4, 0.5) is 0 Å². The van der Waals surface area contributed by atoms with Crippen molar-refractivity contribution < 1.29 is 14.3 Å². The zero-order valence-corrected chi connectivity index (χ0v) is 15.1. The van der Waals surface area contributed by atoms with Crippen LogP contribution in [0.2, 0.25) is 0 Å². The highest BCUT2D eigenvalue weighted by Crippen LogP contribution is 2.63. The molecular formula is C21H28O3. The molecule has 0 saturated heterocycles. The number of hydrogen-bond donors (Lipinski definition) is 0. The molecule has 0 aromatic rings. The van der Waals surface area contributed by atoms with E-state index in [0.29, 0.717) is 18.1 Å². The molecule has 0 unspecified atom stereocenters. The van der Waals surface area contributed by atoms with Gasteiger partial charge in [0.05, 0.1) is 0 Å². The lowest BCUT2D eigenvalue weighted by atomic mass is 9.52. The van der Waals surface area contributed by atoms with Gasteiger partial charge in [-0.2, -0.15) is 0 Å². The second-order valence-corrected chi connectivity index (χ2v) is 8.85. The van der Waals surface area contributed by atoms with E-state index < -0.39 is 0 Å². The van der Waals surface area contributed by atoms with Crippen molar-refractivity contribution in [3.05, 3.63) is 22.8 Å². The smallest absolute Gasteiger partial charge is 0.302 e. The van der Waals surface area contributed by atoms with Crippen molar-refractivity contribution in [1.29, 1.82) is 0 Å². The van der Waals surface area contributed by atoms with Gasteiger partial charge in [0, 0.05) is 19.8 Å². The third-order valence-electron chi connectivity index (χ3n) is 7.33. The van der Waals surface area contributed by atoms with Crippen molar-refractivity contribution in [3.8, 4) is 0 Å². The molecule has 2 saturated carbocycles. The highest BCUT2D eigenvalue weighted by atomic mass is 16.5. The zero-order chi connectivity index (χ0) is 17.1. The summed E-state index contributed by atoms with van der Waals surface area (Å²) in [6.07, 6.45) is 10.1. The minimum absolute atomic E-state index is 0.0576. The Morgan fingerprint density at radius 3 is 2.71 bits per heavy atom. The number of rotatable bonds is 1. The van der Waals surface area contributed by atoms with Crippen LogP contribution in [-0.4, -0.2) is 17.9 Å². The number of carbonyl (C=O) groups excluding carboxylic acids is 2. The van der Waals surface area contributed by atoms with Crippen molar-refractivity contribution in [2.24, 2.45) is 16.7 Å². The minimum atomic E-state index is -0.157. The zero-order valence-electron chi connectivity index (χ0n) is 15.1. The third-order valence-corrected chi connectivity index (χ3v) is 7.33. The standard InChI is InChI=1S/C21H28O3/c1-13(22)24-16-11-19-18-6-4-14-10-15(23)5-7-17(14)21(18,3)9-8-20(19,2)12-16/h10,16-17H,4-9,11-12H2,1-3H3/t16-,17+,20-,21-/m1/s1. The number of ketones is 1. The fourth-order valence-electron chi connectivity index (χ4n) is 6.18. The van der Waals surface area contributed by atoms with Crippen molar-refractivity contribution >= 4 is 11.8 Å². The van der Waals surface area contributed by atoms with Crippen LogP contribution in [0.3, 0.4) is 0 Å². The maximum absolute atomic E-state index is 11.8. The van der Waals surface area contributed by atoms with Gasteiger partial charge < -0.3 is 4.74 Å². The summed E-state index contributed by atoms with van der Waals surface area (Å²) in [5, 5.41) is 0. The van der Waals surface area contributed by atoms with Crippen LogP contribution in [0.1, 0.15) is 72.1 Å². The highest BCUT2D eigenvalue weighted by Gasteiger charge is 2.53. The quantitative estimate of drug-likeness (QED) is 0.525. The first kappa shape index (κ1) is 16.1. The molecule has 0 aromatic heterocycles. The molecule has 4 rings (SSSR count). The Hall–Kier alpha value is -1.38. The van der Waals surface area contributed by atoms with Crippen molar-refractivity contribution in [2.45, 2.75) is 78.2 Å². The number of allylic oxidation sites excluding steroid dienone is 3. The van der Waals surface area contributed by atoms with Crippen molar-refractivity contribution in [2.75, 3.05) is 0 Å². The van der Waals surface area contributed by atoms with Crippen LogP contribution < -0.4 is 0 Å². The molecule has 0 N–H and O–H groups in total. The predicted octanol–water partition coefficient (Wildman–Crippen LogP) is 4.51. The SMILES string of the molecule is CC(=O)O[C@@H]1CC2=C3CCC4=CC(=O)CC[C@@H]4[C@@]3(C)CC[C@]2(C)C1. The van der Waals surface area contributed by atoms with Gasteiger partial charge in [0.2, 0.25) is 0 Å². The lowest BCUT2D eigenvalue weighted by Crippen LogP contribution is -2.42. The highest BCUT2D eigenvalue weighted by molar-refractivity contribution is 5.91. The Bertz CT molecular complexity index is 671. The first-order valence-electron chi connectivity index (χ1n) is 9.45. The monoisotopic (exact) mass is 328 g/mol. The summed E-state index contributed by atoms with van der Waals surface area (Å²) in [7, 11) is 0. The van der Waals surface area contributed by atoms with Gasteiger partial charge >= 0.3 is 5.97 Å². The van der Waals surface area contributed by atoms with Gasteiger partial charge in [-0.05, 0) is 61.3 Å². The van der Waals surface area contributed by atoms with E-state index in [-0.39, 0.29) is 22.9 Å². The molecule has 4 aliphatic rings. The van der Waals surface area contributed by atoms with Crippen LogP contribution >= 0.6 is 0 Å². The lowest BCUT2D eigenvalue weighted by Gasteiger charge is -2.53. The van der Waals surface area contributed by atoms with Crippen LogP contribution in [-0.2, 0) is 14.3 Å². The molecule has 0 radical (unpaired) electrons. The Kier molecular flexibility index (Phi) is 3.56. The van der Waals surface area contributed by atoms with Gasteiger partial charge in [-0.25, -0.2) is 0 Å². The number of fused-ring (bicyclic) bond motifs is 4. The fraction of sp³-hybridized carbons (Fsp3) is 0.714. The van der Waals surface area contributed by atoms with E-state index in [1.165, 1.54) is 25.3 Å². The maximum atomic E-state index is 11.8. The summed E-state index contributed by atoms with van der Waals surface area (Å²) >= 11 is 0. The molecule has 24 heavy (non-hydrogen) atoms. The fourth-order valence-corrected chi connectivity index (χ4v) is 6.18. The lowest BCUT2D eigenvalue weighted by molar-refractivity contribution is -0.146. The Balaban J connectivity index is 1.72. The van der Waals surface area contributed by atoms with E-state index >= 15 is 0 Å². The molecule has 0 amide bonds. The molecule has 3 heteroatoms. The van der Waals surface area contributed by atoms with Gasteiger partial charge in [0.1, 0.15) is 6.10 Å². The van der Waals surface area contributed by atoms with Gasteiger partial charge in [0.25, 0.3) is 0 Å². The third kappa shape index (κ3) is 2.31. The number of carbonyl (C=O) groups is 2. The van der Waals surface area contributed by atoms with Crippen molar-refractivity contribution in [1.82, 2.24) is 0 Å². The van der Waals surface area contributed by atoms with Crippen LogP contribution in [0.5, 0.6) is 0 Å². The Morgan fingerprint density at radius 1 is 1.17 bits per heavy atom. The van der Waals surface area contributed by atoms with E-state index in [4.69, 9.17) is 4.74 Å². The number of esters is 1. The summed E-state index contributed by atoms with van der Waals surface area (Å²) in [5.74, 6) is 0.705. The van der Waals surface area contributed by atoms with E-state index in [1.807, 2.05) is 6.08 Å². The number of hydrogen-bond acceptors (Lipinski definition) is 3. The van der Waals surface area contributed by atoms with Gasteiger partial charge in [-0.15, -0.1) is 0 Å². The van der Waals surface area contributed by atoms with Gasteiger partial charge in [-0.1, -0.05) is 30.6 Å². The molecule has 0 aromatic carbocycles. The first-order chi connectivity index (χ1) is 11.3. The normalized spacial score (nSPS) is 41.3. The van der Waals surface area contributed by atoms with E-state index in [1.54, 1.807) is 11.1 Å². The molecule has 0 heterocycles. The first-order valence-corrected chi connectivity index (χ1v) is 9.45. The summed E-state index contributed by atoms with van der Waals surface area (Å²) in [5.41, 5.74) is 5.04. The molecule has 4 aliphatic carbocycles. The van der Waals surface area contributed by atoms with Crippen molar-refractivity contribution in [3.63, 3.8) is 0 Å². The van der Waals surface area contributed by atoms with Gasteiger partial charge in [-0.3, -0.25) is 9.59 Å². The largest absolute Gasteiger partial charge is 0.462 e. The molecular weight excluding hydrogens is 300 g/mol. The second-order valence-electron chi connectivity index (χ2n) is 8.85. The topological polar surface area (TPSA) is 43.4 Å². The summed E-state index contributed by atoms with van der Waals surface area (Å²) in [4.78, 5) is 23.2. The average Bonchev–Trinajstić information content (AvgIpc) is 2.82. The predicted molar refractivity (Wildman–Crippen MR) is 92.3 cm³/mol. The Labute approximate surface area is 144 Å². The summed E-state index contributed by atoms with van der Waals surface area (Å²) in [6, 6.07) is 0. The van der Waals surface area contributed by atoms with Gasteiger partial charge in [0.15, 0.2) is 5.78 Å². The molecule has 4 atom stereocenters. The molecule has 0 bridgehead atoms. The van der Waals surface area contributed by atoms with E-state index in [0.717, 1.165) is 32.1 Å². The van der Waals surface area contributed by atoms with E-state index in [2.05, 4.69) is 13.8 Å². The second kappa shape index (κ2) is 5.31. The molecule has 0 spiro atoms.